The fourth-order valence-corrected chi connectivity index (χ4v) is 3.38. The number of rotatable bonds is 4. The van der Waals surface area contributed by atoms with Crippen molar-refractivity contribution in [2.24, 2.45) is 0 Å². The highest BCUT2D eigenvalue weighted by atomic mass is 16.6. The van der Waals surface area contributed by atoms with Gasteiger partial charge >= 0.3 is 6.09 Å². The van der Waals surface area contributed by atoms with Crippen LogP contribution >= 0.6 is 0 Å². The molecule has 0 saturated carbocycles. The Labute approximate surface area is 157 Å². The molecule has 5 heteroatoms. The molecule has 3 aromatic rings. The topological polar surface area (TPSA) is 49.9 Å². The van der Waals surface area contributed by atoms with Gasteiger partial charge in [0, 0.05) is 23.5 Å². The summed E-state index contributed by atoms with van der Waals surface area (Å²) in [5.74, 6) is -0.0952. The molecule has 1 saturated heterocycles. The minimum Gasteiger partial charge on any atom is -0.447 e. The van der Waals surface area contributed by atoms with Gasteiger partial charge in [0.1, 0.15) is 6.61 Å². The Morgan fingerprint density at radius 3 is 2.59 bits per heavy atom. The molecule has 3 aromatic carbocycles. The highest BCUT2D eigenvalue weighted by Gasteiger charge is 2.25. The van der Waals surface area contributed by atoms with Gasteiger partial charge < -0.3 is 9.64 Å². The summed E-state index contributed by atoms with van der Waals surface area (Å²) in [6.45, 7) is 3.37. The van der Waals surface area contributed by atoms with E-state index in [1.165, 1.54) is 0 Å². The van der Waals surface area contributed by atoms with Crippen LogP contribution in [-0.4, -0.2) is 31.7 Å². The Balaban J connectivity index is 1.66. The average Bonchev–Trinajstić information content (AvgIpc) is 3.14. The average molecular weight is 360 g/mol. The SMILES string of the molecule is CCN(C(=O)c1cccc(N2CCOC2=O)c1)c1ccc2ccccc2c1. The van der Waals surface area contributed by atoms with Crippen LogP contribution in [0.5, 0.6) is 0 Å². The van der Waals surface area contributed by atoms with Crippen molar-refractivity contribution in [3.63, 3.8) is 0 Å². The summed E-state index contributed by atoms with van der Waals surface area (Å²) in [5.41, 5.74) is 2.08. The lowest BCUT2D eigenvalue weighted by molar-refractivity contribution is 0.0988. The van der Waals surface area contributed by atoms with Crippen molar-refractivity contribution in [1.82, 2.24) is 0 Å². The van der Waals surface area contributed by atoms with Gasteiger partial charge in [0.05, 0.1) is 6.54 Å². The highest BCUT2D eigenvalue weighted by molar-refractivity contribution is 6.07. The predicted octanol–water partition coefficient (Wildman–Crippen LogP) is 4.46. The molecule has 5 nitrogen and oxygen atoms in total. The van der Waals surface area contributed by atoms with Crippen LogP contribution in [0.4, 0.5) is 16.2 Å². The van der Waals surface area contributed by atoms with Crippen LogP contribution in [0, 0.1) is 0 Å². The first-order chi connectivity index (χ1) is 13.2. The smallest absolute Gasteiger partial charge is 0.414 e. The number of ether oxygens (including phenoxy) is 1. The van der Waals surface area contributed by atoms with Crippen molar-refractivity contribution >= 4 is 34.1 Å². The van der Waals surface area contributed by atoms with Crippen molar-refractivity contribution in [1.29, 1.82) is 0 Å². The molecule has 136 valence electrons. The first-order valence-electron chi connectivity index (χ1n) is 9.02. The number of nitrogens with zero attached hydrogens (tertiary/aromatic N) is 2. The summed E-state index contributed by atoms with van der Waals surface area (Å²) in [5, 5.41) is 2.23. The van der Waals surface area contributed by atoms with E-state index in [9.17, 15) is 9.59 Å². The van der Waals surface area contributed by atoms with Gasteiger partial charge in [-0.25, -0.2) is 4.79 Å². The Morgan fingerprint density at radius 2 is 1.85 bits per heavy atom. The van der Waals surface area contributed by atoms with Crippen molar-refractivity contribution < 1.29 is 14.3 Å². The van der Waals surface area contributed by atoms with Crippen LogP contribution in [0.1, 0.15) is 17.3 Å². The van der Waals surface area contributed by atoms with Gasteiger partial charge in [-0.2, -0.15) is 0 Å². The second-order valence-corrected chi connectivity index (χ2v) is 6.40. The molecule has 4 rings (SSSR count). The van der Waals surface area contributed by atoms with Gasteiger partial charge in [0.25, 0.3) is 5.91 Å². The van der Waals surface area contributed by atoms with Crippen LogP contribution in [0.25, 0.3) is 10.8 Å². The molecule has 0 bridgehead atoms. The third kappa shape index (κ3) is 3.24. The van der Waals surface area contributed by atoms with E-state index in [1.807, 2.05) is 49.4 Å². The lowest BCUT2D eigenvalue weighted by atomic mass is 10.1. The summed E-state index contributed by atoms with van der Waals surface area (Å²) < 4.78 is 4.99. The predicted molar refractivity (Wildman–Crippen MR) is 106 cm³/mol. The molecule has 0 unspecified atom stereocenters. The number of carbonyl (C=O) groups excluding carboxylic acids is 2. The third-order valence-electron chi connectivity index (χ3n) is 4.77. The minimum absolute atomic E-state index is 0.0952. The van der Waals surface area contributed by atoms with Crippen molar-refractivity contribution in [2.45, 2.75) is 6.92 Å². The summed E-state index contributed by atoms with van der Waals surface area (Å²) in [4.78, 5) is 28.2. The Bertz CT molecular complexity index is 1020. The molecular weight excluding hydrogens is 340 g/mol. The quantitative estimate of drug-likeness (QED) is 0.690. The standard InChI is InChI=1S/C22H20N2O3/c1-2-23(20-11-10-16-6-3-4-7-17(16)14-20)21(25)18-8-5-9-19(15-18)24-12-13-27-22(24)26/h3-11,14-15H,2,12-13H2,1H3. The van der Waals surface area contributed by atoms with Crippen LogP contribution in [0.3, 0.4) is 0 Å². The van der Waals surface area contributed by atoms with Crippen LogP contribution in [-0.2, 0) is 4.74 Å². The second-order valence-electron chi connectivity index (χ2n) is 6.40. The normalized spacial score (nSPS) is 13.7. The second kappa shape index (κ2) is 7.11. The van der Waals surface area contributed by atoms with Crippen LogP contribution in [0.2, 0.25) is 0 Å². The van der Waals surface area contributed by atoms with Crippen molar-refractivity contribution in [3.8, 4) is 0 Å². The monoisotopic (exact) mass is 360 g/mol. The highest BCUT2D eigenvalue weighted by Crippen LogP contribution is 2.25. The van der Waals surface area contributed by atoms with Crippen LogP contribution < -0.4 is 9.80 Å². The number of hydrogen-bond donors (Lipinski definition) is 0. The maximum absolute atomic E-state index is 13.2. The van der Waals surface area contributed by atoms with Gasteiger partial charge in [-0.15, -0.1) is 0 Å². The summed E-state index contributed by atoms with van der Waals surface area (Å²) in [6, 6.07) is 21.2. The largest absolute Gasteiger partial charge is 0.447 e. The minimum atomic E-state index is -0.374. The van der Waals surface area contributed by atoms with Crippen molar-refractivity contribution in [3.05, 3.63) is 72.3 Å². The van der Waals surface area contributed by atoms with E-state index < -0.39 is 0 Å². The number of fused-ring (bicyclic) bond motifs is 1. The lowest BCUT2D eigenvalue weighted by Gasteiger charge is -2.22. The lowest BCUT2D eigenvalue weighted by Crippen LogP contribution is -2.31. The molecule has 0 spiro atoms. The first kappa shape index (κ1) is 17.1. The zero-order valence-electron chi connectivity index (χ0n) is 15.1. The molecule has 27 heavy (non-hydrogen) atoms. The number of amides is 2. The van der Waals surface area contributed by atoms with Gasteiger partial charge in [-0.05, 0) is 48.0 Å². The van der Waals surface area contributed by atoms with E-state index in [-0.39, 0.29) is 12.0 Å². The maximum Gasteiger partial charge on any atom is 0.414 e. The Hall–Kier alpha value is -3.34. The van der Waals surface area contributed by atoms with Crippen LogP contribution in [0.15, 0.2) is 66.7 Å². The molecule has 0 N–H and O–H groups in total. The molecule has 0 atom stereocenters. The fraction of sp³-hybridized carbons (Fsp3) is 0.182. The van der Waals surface area contributed by atoms with E-state index >= 15 is 0 Å². The first-order valence-corrected chi connectivity index (χ1v) is 9.02. The summed E-state index contributed by atoms with van der Waals surface area (Å²) in [7, 11) is 0. The molecule has 1 fully saturated rings. The van der Waals surface area contributed by atoms with Gasteiger partial charge in [0.15, 0.2) is 0 Å². The molecule has 1 heterocycles. The molecular formula is C22H20N2O3. The van der Waals surface area contributed by atoms with E-state index in [0.29, 0.717) is 30.9 Å². The molecule has 0 radical (unpaired) electrons. The maximum atomic E-state index is 13.2. The number of hydrogen-bond acceptors (Lipinski definition) is 3. The molecule has 0 aromatic heterocycles. The fourth-order valence-electron chi connectivity index (χ4n) is 3.38. The van der Waals surface area contributed by atoms with E-state index in [4.69, 9.17) is 4.74 Å². The summed E-state index contributed by atoms with van der Waals surface area (Å²) >= 11 is 0. The third-order valence-corrected chi connectivity index (χ3v) is 4.77. The summed E-state index contributed by atoms with van der Waals surface area (Å²) in [6.07, 6.45) is -0.374. The number of anilines is 2. The van der Waals surface area contributed by atoms with E-state index in [0.717, 1.165) is 16.5 Å². The molecule has 0 aliphatic carbocycles. The number of cyclic esters (lactones) is 1. The van der Waals surface area contributed by atoms with Crippen molar-refractivity contribution in [2.75, 3.05) is 29.5 Å². The van der Waals surface area contributed by atoms with Gasteiger partial charge in [-0.3, -0.25) is 9.69 Å². The molecule has 1 aliphatic heterocycles. The van der Waals surface area contributed by atoms with Gasteiger partial charge in [-0.1, -0.05) is 36.4 Å². The van der Waals surface area contributed by atoms with Gasteiger partial charge in [0.2, 0.25) is 0 Å². The molecule has 1 aliphatic rings. The number of carbonyl (C=O) groups is 2. The Kier molecular flexibility index (Phi) is 4.50. The zero-order chi connectivity index (χ0) is 18.8. The zero-order valence-corrected chi connectivity index (χ0v) is 15.1. The number of benzene rings is 3. The van der Waals surface area contributed by atoms with E-state index in [2.05, 4.69) is 6.07 Å². The Morgan fingerprint density at radius 1 is 1.04 bits per heavy atom. The molecule has 2 amide bonds. The van der Waals surface area contributed by atoms with E-state index in [1.54, 1.807) is 28.0 Å².